The predicted octanol–water partition coefficient (Wildman–Crippen LogP) is 3.91. The van der Waals surface area contributed by atoms with Gasteiger partial charge in [0.2, 0.25) is 0 Å². The van der Waals surface area contributed by atoms with E-state index >= 15 is 0 Å². The number of para-hydroxylation sites is 1. The molecule has 1 aliphatic rings. The second-order valence-electron chi connectivity index (χ2n) is 7.20. The summed E-state index contributed by atoms with van der Waals surface area (Å²) >= 11 is 0. The van der Waals surface area contributed by atoms with Gasteiger partial charge >= 0.3 is 0 Å². The van der Waals surface area contributed by atoms with E-state index in [9.17, 15) is 5.11 Å². The molecule has 2 aromatic heterocycles. The van der Waals surface area contributed by atoms with Crippen molar-refractivity contribution in [1.29, 1.82) is 0 Å². The van der Waals surface area contributed by atoms with Gasteiger partial charge < -0.3 is 15.0 Å². The zero-order valence-corrected chi connectivity index (χ0v) is 15.1. The maximum absolute atomic E-state index is 11.0. The second-order valence-corrected chi connectivity index (χ2v) is 7.20. The Morgan fingerprint density at radius 3 is 2.81 bits per heavy atom. The molecule has 0 bridgehead atoms. The normalized spacial score (nSPS) is 17.1. The molecule has 1 unspecified atom stereocenters. The van der Waals surface area contributed by atoms with Crippen LogP contribution < -0.4 is 0 Å². The number of fused-ring (bicyclic) bond motifs is 2. The molecular weight excluding hydrogens is 336 g/mol. The number of aromatic hydroxyl groups is 1. The van der Waals surface area contributed by atoms with Gasteiger partial charge in [-0.25, -0.2) is 0 Å². The van der Waals surface area contributed by atoms with Crippen molar-refractivity contribution in [3.05, 3.63) is 77.6 Å². The van der Waals surface area contributed by atoms with Crippen LogP contribution in [0.1, 0.15) is 22.7 Å². The van der Waals surface area contributed by atoms with Crippen molar-refractivity contribution in [2.24, 2.45) is 0 Å². The number of nitrogens with one attached hydrogen (secondary N) is 1. The lowest BCUT2D eigenvalue weighted by molar-refractivity contribution is 0.287. The van der Waals surface area contributed by atoms with E-state index in [-0.39, 0.29) is 5.92 Å². The Kier molecular flexibility index (Phi) is 3.69. The highest BCUT2D eigenvalue weighted by Crippen LogP contribution is 2.41. The molecule has 0 saturated heterocycles. The van der Waals surface area contributed by atoms with Crippen LogP contribution in [0.25, 0.3) is 22.2 Å². The monoisotopic (exact) mass is 356 g/mol. The van der Waals surface area contributed by atoms with E-state index in [0.717, 1.165) is 23.2 Å². The summed E-state index contributed by atoms with van der Waals surface area (Å²) in [6.07, 6.45) is 1.64. The van der Waals surface area contributed by atoms with Gasteiger partial charge in [-0.3, -0.25) is 0 Å². The third-order valence-corrected chi connectivity index (χ3v) is 5.39. The van der Waals surface area contributed by atoms with Gasteiger partial charge in [-0.2, -0.15) is 10.2 Å². The second kappa shape index (κ2) is 6.21. The zero-order chi connectivity index (χ0) is 18.4. The molecule has 27 heavy (non-hydrogen) atoms. The molecule has 0 saturated carbocycles. The van der Waals surface area contributed by atoms with Gasteiger partial charge in [0.15, 0.2) is 0 Å². The predicted molar refractivity (Wildman–Crippen MR) is 106 cm³/mol. The molecule has 5 nitrogen and oxygen atoms in total. The molecule has 0 aliphatic carbocycles. The average Bonchev–Trinajstić information content (AvgIpc) is 3.13. The number of hydrogen-bond acceptors (Lipinski definition) is 4. The fraction of sp³-hybridized carbons (Fsp3) is 0.182. The van der Waals surface area contributed by atoms with Crippen LogP contribution in [0.2, 0.25) is 0 Å². The first-order valence-corrected chi connectivity index (χ1v) is 9.09. The molecule has 1 aliphatic heterocycles. The molecular formula is C22H20N4O. The molecule has 0 fully saturated rings. The highest BCUT2D eigenvalue weighted by atomic mass is 16.3. The number of aromatic amines is 1. The van der Waals surface area contributed by atoms with Crippen LogP contribution >= 0.6 is 0 Å². The SMILES string of the molecule is CN1Cc2c(ccc(-c3cccnn3)c2O)C(c2cc3ccccc3[nH]2)C1. The Hall–Kier alpha value is -3.18. The summed E-state index contributed by atoms with van der Waals surface area (Å²) in [4.78, 5) is 5.81. The lowest BCUT2D eigenvalue weighted by Crippen LogP contribution is -2.31. The molecule has 0 radical (unpaired) electrons. The summed E-state index contributed by atoms with van der Waals surface area (Å²) in [6.45, 7) is 1.62. The van der Waals surface area contributed by atoms with E-state index in [2.05, 4.69) is 57.5 Å². The van der Waals surface area contributed by atoms with E-state index in [1.54, 1.807) is 6.20 Å². The van der Waals surface area contributed by atoms with E-state index in [1.807, 2.05) is 24.3 Å². The highest BCUT2D eigenvalue weighted by Gasteiger charge is 2.29. The van der Waals surface area contributed by atoms with Gasteiger partial charge in [0.25, 0.3) is 0 Å². The van der Waals surface area contributed by atoms with Crippen molar-refractivity contribution >= 4 is 10.9 Å². The van der Waals surface area contributed by atoms with Gasteiger partial charge in [0.1, 0.15) is 5.75 Å². The molecule has 0 spiro atoms. The standard InChI is InChI=1S/C22H20N4O/c1-26-12-17(21-11-14-5-2-3-6-19(14)24-21)15-8-9-16(22(27)18(15)13-26)20-7-4-10-23-25-20/h2-11,17,24,27H,12-13H2,1H3. The molecule has 5 heteroatoms. The maximum Gasteiger partial charge on any atom is 0.129 e. The Morgan fingerprint density at radius 2 is 2.00 bits per heavy atom. The third kappa shape index (κ3) is 2.67. The number of hydrogen-bond donors (Lipinski definition) is 2. The Bertz CT molecular complexity index is 1090. The first-order valence-electron chi connectivity index (χ1n) is 9.09. The first kappa shape index (κ1) is 16.0. The van der Waals surface area contributed by atoms with Crippen molar-refractivity contribution in [2.75, 3.05) is 13.6 Å². The third-order valence-electron chi connectivity index (χ3n) is 5.39. The van der Waals surface area contributed by atoms with E-state index in [1.165, 1.54) is 16.6 Å². The fourth-order valence-corrected chi connectivity index (χ4v) is 4.09. The summed E-state index contributed by atoms with van der Waals surface area (Å²) in [6, 6.07) is 18.3. The van der Waals surface area contributed by atoms with Crippen LogP contribution in [0.5, 0.6) is 5.75 Å². The van der Waals surface area contributed by atoms with Gasteiger partial charge in [-0.05, 0) is 48.3 Å². The number of H-pyrrole nitrogens is 1. The van der Waals surface area contributed by atoms with E-state index in [4.69, 9.17) is 0 Å². The van der Waals surface area contributed by atoms with Gasteiger partial charge in [-0.15, -0.1) is 0 Å². The quantitative estimate of drug-likeness (QED) is 0.572. The number of phenols is 1. The van der Waals surface area contributed by atoms with Crippen molar-refractivity contribution in [3.8, 4) is 17.0 Å². The smallest absolute Gasteiger partial charge is 0.129 e. The molecule has 2 N–H and O–H groups in total. The lowest BCUT2D eigenvalue weighted by Gasteiger charge is -2.32. The molecule has 5 rings (SSSR count). The first-order chi connectivity index (χ1) is 13.2. The molecule has 3 heterocycles. The average molecular weight is 356 g/mol. The molecule has 1 atom stereocenters. The van der Waals surface area contributed by atoms with Gasteiger partial charge in [0, 0.05) is 47.5 Å². The molecule has 134 valence electrons. The highest BCUT2D eigenvalue weighted by molar-refractivity contribution is 5.81. The van der Waals surface area contributed by atoms with Crippen molar-refractivity contribution in [1.82, 2.24) is 20.1 Å². The summed E-state index contributed by atoms with van der Waals surface area (Å²) < 4.78 is 0. The summed E-state index contributed by atoms with van der Waals surface area (Å²) in [5, 5.41) is 20.3. The van der Waals surface area contributed by atoms with E-state index in [0.29, 0.717) is 18.0 Å². The van der Waals surface area contributed by atoms with Crippen LogP contribution in [0.15, 0.2) is 60.8 Å². The van der Waals surface area contributed by atoms with E-state index < -0.39 is 0 Å². The Balaban J connectivity index is 1.64. The number of rotatable bonds is 2. The number of phenolic OH excluding ortho intramolecular Hbond substituents is 1. The minimum atomic E-state index is 0.188. The molecule has 4 aromatic rings. The van der Waals surface area contributed by atoms with Crippen molar-refractivity contribution in [3.63, 3.8) is 0 Å². The van der Waals surface area contributed by atoms with Crippen LogP contribution in [0.4, 0.5) is 0 Å². The minimum Gasteiger partial charge on any atom is -0.507 e. The topological polar surface area (TPSA) is 65.0 Å². The number of benzene rings is 2. The largest absolute Gasteiger partial charge is 0.507 e. The lowest BCUT2D eigenvalue weighted by atomic mass is 9.85. The molecule has 2 aromatic carbocycles. The van der Waals surface area contributed by atoms with Gasteiger partial charge in [0.05, 0.1) is 5.69 Å². The number of nitrogens with zero attached hydrogens (tertiary/aromatic N) is 3. The number of aromatic nitrogens is 3. The maximum atomic E-state index is 11.0. The van der Waals surface area contributed by atoms with Crippen LogP contribution in [-0.4, -0.2) is 38.8 Å². The Labute approximate surface area is 157 Å². The number of likely N-dealkylation sites (N-methyl/N-ethyl adjacent to an activating group) is 1. The van der Waals surface area contributed by atoms with Crippen LogP contribution in [-0.2, 0) is 6.54 Å². The summed E-state index contributed by atoms with van der Waals surface area (Å²) in [7, 11) is 2.09. The summed E-state index contributed by atoms with van der Waals surface area (Å²) in [5.74, 6) is 0.494. The van der Waals surface area contributed by atoms with Crippen molar-refractivity contribution in [2.45, 2.75) is 12.5 Å². The molecule has 0 amide bonds. The van der Waals surface area contributed by atoms with Crippen LogP contribution in [0, 0.1) is 0 Å². The Morgan fingerprint density at radius 1 is 1.11 bits per heavy atom. The summed E-state index contributed by atoms with van der Waals surface area (Å²) in [5.41, 5.74) is 5.87. The van der Waals surface area contributed by atoms with Crippen molar-refractivity contribution < 1.29 is 5.11 Å². The zero-order valence-electron chi connectivity index (χ0n) is 15.1. The minimum absolute atomic E-state index is 0.188. The van der Waals surface area contributed by atoms with Crippen LogP contribution in [0.3, 0.4) is 0 Å². The van der Waals surface area contributed by atoms with Gasteiger partial charge in [-0.1, -0.05) is 24.3 Å². The fourth-order valence-electron chi connectivity index (χ4n) is 4.09.